The summed E-state index contributed by atoms with van der Waals surface area (Å²) in [5, 5.41) is 25.6. The molecule has 1 aromatic heterocycles. The average Bonchev–Trinajstić information content (AvgIpc) is 3.18. The van der Waals surface area contributed by atoms with Crippen LogP contribution in [0, 0.1) is 0 Å². The second-order valence-electron chi connectivity index (χ2n) is 5.50. The Hall–Kier alpha value is -3.65. The highest BCUT2D eigenvalue weighted by molar-refractivity contribution is 7.12. The van der Waals surface area contributed by atoms with E-state index in [0.29, 0.717) is 10.6 Å². The summed E-state index contributed by atoms with van der Waals surface area (Å²) in [5.74, 6) is -2.45. The third kappa shape index (κ3) is 4.31. The van der Waals surface area contributed by atoms with Crippen molar-refractivity contribution in [2.45, 2.75) is 0 Å². The van der Waals surface area contributed by atoms with Gasteiger partial charge < -0.3 is 20.8 Å². The lowest BCUT2D eigenvalue weighted by Crippen LogP contribution is -2.14. The number of aromatic carboxylic acids is 1. The van der Waals surface area contributed by atoms with Crippen LogP contribution >= 0.6 is 11.3 Å². The molecule has 0 aliphatic carbocycles. The number of nitrogens with one attached hydrogen (secondary N) is 2. The second kappa shape index (κ2) is 7.71. The average molecular weight is 382 g/mol. The van der Waals surface area contributed by atoms with Crippen molar-refractivity contribution in [1.29, 1.82) is 0 Å². The van der Waals surface area contributed by atoms with Gasteiger partial charge in [-0.1, -0.05) is 12.1 Å². The molecule has 136 valence electrons. The van der Waals surface area contributed by atoms with Crippen molar-refractivity contribution < 1.29 is 24.6 Å². The maximum absolute atomic E-state index is 12.4. The van der Waals surface area contributed by atoms with Gasteiger partial charge in [-0.2, -0.15) is 0 Å². The van der Waals surface area contributed by atoms with Gasteiger partial charge in [0.15, 0.2) is 0 Å². The number of carboxylic acid groups (broad SMARTS) is 1. The third-order valence-corrected chi connectivity index (χ3v) is 4.48. The Morgan fingerprint density at radius 3 is 2.30 bits per heavy atom. The molecule has 1 heterocycles. The highest BCUT2D eigenvalue weighted by Crippen LogP contribution is 2.22. The fourth-order valence-electron chi connectivity index (χ4n) is 2.33. The van der Waals surface area contributed by atoms with Crippen LogP contribution in [0.5, 0.6) is 5.75 Å². The van der Waals surface area contributed by atoms with Gasteiger partial charge in [-0.05, 0) is 47.8 Å². The number of carboxylic acids is 1. The first-order valence-electron chi connectivity index (χ1n) is 7.76. The lowest BCUT2D eigenvalue weighted by molar-refractivity contribution is 0.0693. The zero-order chi connectivity index (χ0) is 19.4. The lowest BCUT2D eigenvalue weighted by atomic mass is 10.1. The van der Waals surface area contributed by atoms with Crippen LogP contribution in [0.2, 0.25) is 0 Å². The van der Waals surface area contributed by atoms with E-state index >= 15 is 0 Å². The van der Waals surface area contributed by atoms with Crippen molar-refractivity contribution in [1.82, 2.24) is 0 Å². The van der Waals surface area contributed by atoms with Crippen LogP contribution in [-0.2, 0) is 0 Å². The first-order chi connectivity index (χ1) is 12.9. The van der Waals surface area contributed by atoms with E-state index in [0.717, 1.165) is 6.07 Å². The fraction of sp³-hybridized carbons (Fsp3) is 0. The Morgan fingerprint density at radius 2 is 1.59 bits per heavy atom. The van der Waals surface area contributed by atoms with E-state index in [9.17, 15) is 19.5 Å². The molecule has 0 saturated heterocycles. The van der Waals surface area contributed by atoms with E-state index in [1.807, 2.05) is 0 Å². The number of thiophene rings is 1. The van der Waals surface area contributed by atoms with Crippen LogP contribution in [0.1, 0.15) is 30.4 Å². The Balaban J connectivity index is 1.75. The summed E-state index contributed by atoms with van der Waals surface area (Å²) < 4.78 is 0. The van der Waals surface area contributed by atoms with Crippen LogP contribution in [0.4, 0.5) is 11.4 Å². The number of carbonyl (C=O) groups excluding carboxylic acids is 2. The van der Waals surface area contributed by atoms with E-state index in [2.05, 4.69) is 10.6 Å². The number of rotatable bonds is 5. The fourth-order valence-corrected chi connectivity index (χ4v) is 2.95. The molecule has 0 aliphatic rings. The largest absolute Gasteiger partial charge is 0.507 e. The van der Waals surface area contributed by atoms with E-state index in [-0.39, 0.29) is 22.7 Å². The molecule has 8 heteroatoms. The first kappa shape index (κ1) is 18.2. The van der Waals surface area contributed by atoms with Crippen molar-refractivity contribution in [3.8, 4) is 5.75 Å². The topological polar surface area (TPSA) is 116 Å². The summed E-state index contributed by atoms with van der Waals surface area (Å²) in [6.07, 6.45) is 0. The molecule has 0 bridgehead atoms. The Bertz CT molecular complexity index is 1010. The molecule has 2 amide bonds. The molecule has 7 nitrogen and oxygen atoms in total. The minimum atomic E-state index is -1.30. The van der Waals surface area contributed by atoms with Crippen molar-refractivity contribution in [2.75, 3.05) is 10.6 Å². The lowest BCUT2D eigenvalue weighted by Gasteiger charge is -2.09. The number of benzene rings is 2. The quantitative estimate of drug-likeness (QED) is 0.503. The zero-order valence-electron chi connectivity index (χ0n) is 13.8. The smallest absolute Gasteiger partial charge is 0.339 e. The van der Waals surface area contributed by atoms with Gasteiger partial charge in [-0.15, -0.1) is 11.3 Å². The maximum Gasteiger partial charge on any atom is 0.339 e. The standard InChI is InChI=1S/C19H14N2O5S/c22-15-7-6-13(10-14(15)19(25)26)20-17(23)11-3-1-4-12(9-11)21-18(24)16-5-2-8-27-16/h1-10,22H,(H,20,23)(H,21,24)(H,25,26). The molecule has 4 N–H and O–H groups in total. The number of amides is 2. The summed E-state index contributed by atoms with van der Waals surface area (Å²) in [6, 6.07) is 13.6. The van der Waals surface area contributed by atoms with Gasteiger partial charge in [-0.25, -0.2) is 4.79 Å². The number of hydrogen-bond donors (Lipinski definition) is 4. The number of anilines is 2. The number of aromatic hydroxyl groups is 1. The van der Waals surface area contributed by atoms with Crippen molar-refractivity contribution >= 4 is 40.5 Å². The van der Waals surface area contributed by atoms with Gasteiger partial charge in [0, 0.05) is 16.9 Å². The Kier molecular flexibility index (Phi) is 5.18. The van der Waals surface area contributed by atoms with E-state index in [1.54, 1.807) is 35.7 Å². The summed E-state index contributed by atoms with van der Waals surface area (Å²) in [4.78, 5) is 36.1. The van der Waals surface area contributed by atoms with E-state index in [4.69, 9.17) is 5.11 Å². The molecule has 0 fully saturated rings. The minimum Gasteiger partial charge on any atom is -0.507 e. The Labute approximate surface area is 157 Å². The van der Waals surface area contributed by atoms with Crippen LogP contribution in [0.25, 0.3) is 0 Å². The molecular weight excluding hydrogens is 368 g/mol. The van der Waals surface area contributed by atoms with Gasteiger partial charge in [0.1, 0.15) is 11.3 Å². The van der Waals surface area contributed by atoms with Crippen LogP contribution in [0.3, 0.4) is 0 Å². The number of phenols is 1. The number of carbonyl (C=O) groups is 3. The second-order valence-corrected chi connectivity index (χ2v) is 6.45. The molecule has 0 aliphatic heterocycles. The first-order valence-corrected chi connectivity index (χ1v) is 8.64. The van der Waals surface area contributed by atoms with Gasteiger partial charge >= 0.3 is 5.97 Å². The molecule has 3 aromatic rings. The maximum atomic E-state index is 12.4. The van der Waals surface area contributed by atoms with Crippen molar-refractivity contribution in [2.24, 2.45) is 0 Å². The number of hydrogen-bond acceptors (Lipinski definition) is 5. The monoisotopic (exact) mass is 382 g/mol. The van der Waals surface area contributed by atoms with Crippen molar-refractivity contribution in [3.05, 3.63) is 76.0 Å². The summed E-state index contributed by atoms with van der Waals surface area (Å²) in [5.41, 5.74) is 0.648. The van der Waals surface area contributed by atoms with Gasteiger partial charge in [0.25, 0.3) is 11.8 Å². The van der Waals surface area contributed by atoms with Crippen LogP contribution in [-0.4, -0.2) is 28.0 Å². The van der Waals surface area contributed by atoms with Crippen LogP contribution < -0.4 is 10.6 Å². The zero-order valence-corrected chi connectivity index (χ0v) is 14.6. The minimum absolute atomic E-state index is 0.225. The molecule has 0 saturated carbocycles. The Morgan fingerprint density at radius 1 is 0.852 bits per heavy atom. The molecule has 27 heavy (non-hydrogen) atoms. The highest BCUT2D eigenvalue weighted by Gasteiger charge is 2.13. The molecule has 2 aromatic carbocycles. The van der Waals surface area contributed by atoms with Gasteiger partial charge in [-0.3, -0.25) is 9.59 Å². The molecule has 0 spiro atoms. The van der Waals surface area contributed by atoms with Gasteiger partial charge in [0.2, 0.25) is 0 Å². The molecular formula is C19H14N2O5S. The van der Waals surface area contributed by atoms with E-state index < -0.39 is 17.6 Å². The molecule has 0 unspecified atom stereocenters. The normalized spacial score (nSPS) is 10.2. The molecule has 0 radical (unpaired) electrons. The summed E-state index contributed by atoms with van der Waals surface area (Å²) in [7, 11) is 0. The predicted octanol–water partition coefficient (Wildman–Crippen LogP) is 3.66. The molecule has 3 rings (SSSR count). The summed E-state index contributed by atoms with van der Waals surface area (Å²) >= 11 is 1.31. The predicted molar refractivity (Wildman–Crippen MR) is 102 cm³/mol. The van der Waals surface area contributed by atoms with E-state index in [1.165, 1.54) is 29.5 Å². The highest BCUT2D eigenvalue weighted by atomic mass is 32.1. The van der Waals surface area contributed by atoms with Crippen molar-refractivity contribution in [3.63, 3.8) is 0 Å². The SMILES string of the molecule is O=C(Nc1ccc(O)c(C(=O)O)c1)c1cccc(NC(=O)c2cccs2)c1. The summed E-state index contributed by atoms with van der Waals surface area (Å²) in [6.45, 7) is 0. The molecule has 0 atom stereocenters. The van der Waals surface area contributed by atoms with Gasteiger partial charge in [0.05, 0.1) is 4.88 Å². The van der Waals surface area contributed by atoms with Crippen LogP contribution in [0.15, 0.2) is 60.0 Å². The third-order valence-electron chi connectivity index (χ3n) is 3.61.